The molecule has 1 atom stereocenters. The minimum Gasteiger partial charge on any atom is -0.460 e. The summed E-state index contributed by atoms with van der Waals surface area (Å²) in [6.45, 7) is 6.25. The predicted molar refractivity (Wildman–Crippen MR) is 116 cm³/mol. The Hall–Kier alpha value is -3.35. The van der Waals surface area contributed by atoms with Crippen molar-refractivity contribution in [1.82, 2.24) is 19.5 Å². The van der Waals surface area contributed by atoms with E-state index in [1.807, 2.05) is 61.6 Å². The van der Waals surface area contributed by atoms with Crippen molar-refractivity contribution in [1.29, 1.82) is 0 Å². The van der Waals surface area contributed by atoms with Crippen LogP contribution in [-0.2, 0) is 17.8 Å². The van der Waals surface area contributed by atoms with Gasteiger partial charge in [-0.1, -0.05) is 37.3 Å². The van der Waals surface area contributed by atoms with Gasteiger partial charge in [0.25, 0.3) is 5.56 Å². The van der Waals surface area contributed by atoms with Crippen LogP contribution in [-0.4, -0.2) is 20.1 Å². The third-order valence-electron chi connectivity index (χ3n) is 5.33. The van der Waals surface area contributed by atoms with Gasteiger partial charge in [-0.2, -0.15) is 5.10 Å². The molecular weight excluding hydrogens is 380 g/mol. The number of carbonyl (C=O) groups is 1. The molecule has 0 unspecified atom stereocenters. The van der Waals surface area contributed by atoms with Crippen LogP contribution in [0.1, 0.15) is 49.9 Å². The molecule has 0 aliphatic rings. The Bertz CT molecular complexity index is 1250. The van der Waals surface area contributed by atoms with Gasteiger partial charge in [-0.25, -0.2) is 4.68 Å². The van der Waals surface area contributed by atoms with Crippen molar-refractivity contribution < 1.29 is 9.21 Å². The monoisotopic (exact) mass is 406 g/mol. The van der Waals surface area contributed by atoms with Crippen LogP contribution in [0.3, 0.4) is 0 Å². The molecule has 0 spiro atoms. The molecule has 0 aliphatic carbocycles. The number of carbonyl (C=O) groups excluding carboxylic acids is 1. The van der Waals surface area contributed by atoms with Gasteiger partial charge >= 0.3 is 0 Å². The van der Waals surface area contributed by atoms with E-state index in [9.17, 15) is 9.59 Å². The van der Waals surface area contributed by atoms with Gasteiger partial charge < -0.3 is 9.73 Å². The fourth-order valence-electron chi connectivity index (χ4n) is 3.82. The third-order valence-corrected chi connectivity index (χ3v) is 5.33. The zero-order valence-electron chi connectivity index (χ0n) is 17.5. The number of furan rings is 1. The number of amides is 1. The van der Waals surface area contributed by atoms with Crippen molar-refractivity contribution in [3.05, 3.63) is 70.0 Å². The molecule has 7 heteroatoms. The molecule has 4 aromatic rings. The second-order valence-electron chi connectivity index (χ2n) is 7.57. The molecule has 0 aliphatic heterocycles. The van der Waals surface area contributed by atoms with Crippen molar-refractivity contribution in [3.8, 4) is 0 Å². The van der Waals surface area contributed by atoms with Crippen LogP contribution in [0, 0.1) is 6.92 Å². The summed E-state index contributed by atoms with van der Waals surface area (Å²) >= 11 is 0. The van der Waals surface area contributed by atoms with Gasteiger partial charge in [-0.15, -0.1) is 0 Å². The first-order valence-corrected chi connectivity index (χ1v) is 10.3. The highest BCUT2D eigenvalue weighted by Gasteiger charge is 2.16. The molecule has 3 heterocycles. The van der Waals surface area contributed by atoms with E-state index in [0.29, 0.717) is 36.9 Å². The molecule has 30 heavy (non-hydrogen) atoms. The quantitative estimate of drug-likeness (QED) is 0.507. The maximum absolute atomic E-state index is 12.9. The Kier molecular flexibility index (Phi) is 5.44. The number of benzene rings is 1. The minimum atomic E-state index is -0.172. The van der Waals surface area contributed by atoms with Gasteiger partial charge in [0, 0.05) is 31.5 Å². The highest BCUT2D eigenvalue weighted by atomic mass is 16.3. The van der Waals surface area contributed by atoms with Crippen molar-refractivity contribution >= 4 is 22.5 Å². The summed E-state index contributed by atoms with van der Waals surface area (Å²) in [7, 11) is 0. The number of aromatic nitrogens is 3. The fourth-order valence-corrected chi connectivity index (χ4v) is 3.82. The van der Waals surface area contributed by atoms with Gasteiger partial charge in [-0.3, -0.25) is 14.0 Å². The molecule has 1 N–H and O–H groups in total. The van der Waals surface area contributed by atoms with E-state index in [-0.39, 0.29) is 17.5 Å². The van der Waals surface area contributed by atoms with E-state index >= 15 is 0 Å². The number of hydrogen-bond acceptors (Lipinski definition) is 4. The Morgan fingerprint density at radius 2 is 1.97 bits per heavy atom. The molecule has 0 fully saturated rings. The topological polar surface area (TPSA) is 81.5 Å². The summed E-state index contributed by atoms with van der Waals surface area (Å²) in [5, 5.41) is 7.56. The lowest BCUT2D eigenvalue weighted by molar-refractivity contribution is -0.121. The largest absolute Gasteiger partial charge is 0.460 e. The number of aryl methyl sites for hydroxylation is 3. The smallest absolute Gasteiger partial charge is 0.291 e. The van der Waals surface area contributed by atoms with Crippen molar-refractivity contribution in [2.75, 3.05) is 0 Å². The SMILES string of the molecule is CCc1nn(CCCC(=O)N[C@@H](C)c2ccccc2)c(=O)c2cc3oc(C)cc3n12. The maximum Gasteiger partial charge on any atom is 0.291 e. The number of hydrogen-bond donors (Lipinski definition) is 1. The van der Waals surface area contributed by atoms with Gasteiger partial charge in [0.15, 0.2) is 5.58 Å². The number of rotatable bonds is 7. The number of nitrogens with one attached hydrogen (secondary N) is 1. The van der Waals surface area contributed by atoms with Crippen molar-refractivity contribution in [2.24, 2.45) is 0 Å². The van der Waals surface area contributed by atoms with E-state index < -0.39 is 0 Å². The summed E-state index contributed by atoms with van der Waals surface area (Å²) in [6, 6.07) is 13.5. The standard InChI is InChI=1S/C23H26N4O3/c1-4-21-25-26(23(29)19-14-20-18(27(19)21)13-15(2)30-20)12-8-11-22(28)24-16(3)17-9-6-5-7-10-17/h5-7,9-10,13-14,16H,4,8,11-12H2,1-3H3,(H,24,28)/t16-/m0/s1. The maximum atomic E-state index is 12.9. The highest BCUT2D eigenvalue weighted by molar-refractivity contribution is 5.83. The molecule has 0 saturated heterocycles. The van der Waals surface area contributed by atoms with E-state index in [0.717, 1.165) is 22.7 Å². The van der Waals surface area contributed by atoms with Gasteiger partial charge in [-0.05, 0) is 25.8 Å². The molecule has 1 aromatic carbocycles. The van der Waals surface area contributed by atoms with Gasteiger partial charge in [0.1, 0.15) is 17.1 Å². The zero-order chi connectivity index (χ0) is 21.3. The third kappa shape index (κ3) is 3.75. The second kappa shape index (κ2) is 8.18. The normalized spacial score (nSPS) is 12.5. The van der Waals surface area contributed by atoms with E-state index in [1.165, 1.54) is 4.68 Å². The molecule has 0 bridgehead atoms. The Morgan fingerprint density at radius 1 is 1.20 bits per heavy atom. The lowest BCUT2D eigenvalue weighted by Crippen LogP contribution is -2.29. The van der Waals surface area contributed by atoms with Crippen LogP contribution in [0.2, 0.25) is 0 Å². The first-order valence-electron chi connectivity index (χ1n) is 10.3. The van der Waals surface area contributed by atoms with E-state index in [1.54, 1.807) is 6.07 Å². The van der Waals surface area contributed by atoms with Crippen LogP contribution < -0.4 is 10.9 Å². The average Bonchev–Trinajstić information content (AvgIpc) is 3.27. The second-order valence-corrected chi connectivity index (χ2v) is 7.57. The molecule has 7 nitrogen and oxygen atoms in total. The lowest BCUT2D eigenvalue weighted by atomic mass is 10.1. The minimum absolute atomic E-state index is 0.0353. The average molecular weight is 406 g/mol. The molecule has 0 radical (unpaired) electrons. The molecule has 0 saturated carbocycles. The van der Waals surface area contributed by atoms with Crippen molar-refractivity contribution in [2.45, 2.75) is 52.6 Å². The molecule has 3 aromatic heterocycles. The molecular formula is C23H26N4O3. The van der Waals surface area contributed by atoms with E-state index in [4.69, 9.17) is 4.42 Å². The fraction of sp³-hybridized carbons (Fsp3) is 0.348. The van der Waals surface area contributed by atoms with Gasteiger partial charge in [0.05, 0.1) is 11.6 Å². The number of fused-ring (bicyclic) bond motifs is 3. The summed E-state index contributed by atoms with van der Waals surface area (Å²) in [6.07, 6.45) is 1.55. The molecule has 1 amide bonds. The van der Waals surface area contributed by atoms with Crippen LogP contribution >= 0.6 is 0 Å². The van der Waals surface area contributed by atoms with Crippen LogP contribution in [0.25, 0.3) is 16.6 Å². The first kappa shape index (κ1) is 19.9. The summed E-state index contributed by atoms with van der Waals surface area (Å²) in [5.41, 5.74) is 3.00. The Morgan fingerprint density at radius 3 is 2.70 bits per heavy atom. The van der Waals surface area contributed by atoms with Crippen LogP contribution in [0.5, 0.6) is 0 Å². The van der Waals surface area contributed by atoms with Gasteiger partial charge in [0.2, 0.25) is 5.91 Å². The summed E-state index contributed by atoms with van der Waals surface area (Å²) in [4.78, 5) is 25.2. The molecule has 156 valence electrons. The highest BCUT2D eigenvalue weighted by Crippen LogP contribution is 2.23. The van der Waals surface area contributed by atoms with E-state index in [2.05, 4.69) is 10.4 Å². The summed E-state index contributed by atoms with van der Waals surface area (Å²) in [5.74, 6) is 1.56. The Labute approximate surface area is 174 Å². The first-order chi connectivity index (χ1) is 14.5. The summed E-state index contributed by atoms with van der Waals surface area (Å²) < 4.78 is 9.02. The van der Waals surface area contributed by atoms with Crippen LogP contribution in [0.15, 0.2) is 51.7 Å². The van der Waals surface area contributed by atoms with Crippen molar-refractivity contribution in [3.63, 3.8) is 0 Å². The lowest BCUT2D eigenvalue weighted by Gasteiger charge is -2.14. The number of nitrogens with zero attached hydrogens (tertiary/aromatic N) is 3. The molecule has 4 rings (SSSR count). The zero-order valence-corrected chi connectivity index (χ0v) is 17.5. The predicted octanol–water partition coefficient (Wildman–Crippen LogP) is 3.77. The van der Waals surface area contributed by atoms with Crippen LogP contribution in [0.4, 0.5) is 0 Å². The Balaban J connectivity index is 1.47.